The first-order valence-corrected chi connectivity index (χ1v) is 7.32. The predicted molar refractivity (Wildman–Crippen MR) is 87.1 cm³/mol. The van der Waals surface area contributed by atoms with Gasteiger partial charge >= 0.3 is 5.97 Å². The summed E-state index contributed by atoms with van der Waals surface area (Å²) in [6, 6.07) is 15.3. The maximum atomic E-state index is 10.8. The number of aromatic carboxylic acids is 1. The van der Waals surface area contributed by atoms with E-state index in [1.165, 1.54) is 11.6 Å². The van der Waals surface area contributed by atoms with E-state index in [1.807, 2.05) is 18.2 Å². The zero-order valence-corrected chi connectivity index (χ0v) is 12.7. The van der Waals surface area contributed by atoms with Gasteiger partial charge in [0.2, 0.25) is 0 Å². The molecule has 2 N–H and O–H groups in total. The second kappa shape index (κ2) is 8.14. The van der Waals surface area contributed by atoms with E-state index in [0.29, 0.717) is 5.82 Å². The van der Waals surface area contributed by atoms with Crippen molar-refractivity contribution in [1.29, 1.82) is 0 Å². The van der Waals surface area contributed by atoms with Crippen molar-refractivity contribution in [1.82, 2.24) is 9.88 Å². The molecule has 0 spiro atoms. The number of nitrogens with one attached hydrogen (secondary N) is 1. The summed E-state index contributed by atoms with van der Waals surface area (Å²) in [6.07, 6.45) is 0.961. The van der Waals surface area contributed by atoms with Crippen LogP contribution in [0.15, 0.2) is 48.5 Å². The summed E-state index contributed by atoms with van der Waals surface area (Å²) in [5.74, 6) is -0.406. The maximum absolute atomic E-state index is 10.8. The van der Waals surface area contributed by atoms with Crippen LogP contribution in [0.25, 0.3) is 0 Å². The summed E-state index contributed by atoms with van der Waals surface area (Å²) in [7, 11) is 2.09. The Hall–Kier alpha value is -2.40. The van der Waals surface area contributed by atoms with Gasteiger partial charge in [0.1, 0.15) is 5.82 Å². The second-order valence-electron chi connectivity index (χ2n) is 5.22. The SMILES string of the molecule is CN(CCCNc1cccc(C(=O)O)n1)Cc1ccccc1. The highest BCUT2D eigenvalue weighted by Crippen LogP contribution is 2.06. The average Bonchev–Trinajstić information content (AvgIpc) is 2.53. The van der Waals surface area contributed by atoms with Gasteiger partial charge in [-0.25, -0.2) is 9.78 Å². The van der Waals surface area contributed by atoms with E-state index >= 15 is 0 Å². The molecule has 0 aliphatic heterocycles. The summed E-state index contributed by atoms with van der Waals surface area (Å²) in [6.45, 7) is 2.64. The number of carbonyl (C=O) groups is 1. The van der Waals surface area contributed by atoms with Crippen LogP contribution in [0.1, 0.15) is 22.5 Å². The van der Waals surface area contributed by atoms with Gasteiger partial charge in [0.15, 0.2) is 5.69 Å². The van der Waals surface area contributed by atoms with E-state index in [2.05, 4.69) is 34.4 Å². The lowest BCUT2D eigenvalue weighted by atomic mass is 10.2. The third-order valence-corrected chi connectivity index (χ3v) is 3.29. The number of hydrogen-bond donors (Lipinski definition) is 2. The Morgan fingerprint density at radius 2 is 1.95 bits per heavy atom. The molecule has 0 aliphatic carbocycles. The normalized spacial score (nSPS) is 10.6. The van der Waals surface area contributed by atoms with Gasteiger partial charge in [-0.1, -0.05) is 36.4 Å². The van der Waals surface area contributed by atoms with E-state index in [9.17, 15) is 4.79 Å². The molecular formula is C17H21N3O2. The quantitative estimate of drug-likeness (QED) is 0.734. The number of carboxylic acids is 1. The number of hydrogen-bond acceptors (Lipinski definition) is 4. The Bertz CT molecular complexity index is 602. The van der Waals surface area contributed by atoms with Crippen molar-refractivity contribution in [2.24, 2.45) is 0 Å². The molecule has 1 aromatic carbocycles. The van der Waals surface area contributed by atoms with Crippen LogP contribution in [0.2, 0.25) is 0 Å². The Kier molecular flexibility index (Phi) is 5.91. The predicted octanol–water partition coefficient (Wildman–Crippen LogP) is 2.71. The Balaban J connectivity index is 1.70. The van der Waals surface area contributed by atoms with Crippen molar-refractivity contribution >= 4 is 11.8 Å². The molecule has 0 aliphatic rings. The number of anilines is 1. The third-order valence-electron chi connectivity index (χ3n) is 3.29. The van der Waals surface area contributed by atoms with Crippen LogP contribution in [0, 0.1) is 0 Å². The summed E-state index contributed by atoms with van der Waals surface area (Å²) in [5.41, 5.74) is 1.36. The fraction of sp³-hybridized carbons (Fsp3) is 0.294. The lowest BCUT2D eigenvalue weighted by Gasteiger charge is -2.16. The van der Waals surface area contributed by atoms with Crippen LogP contribution in [0.5, 0.6) is 0 Å². The van der Waals surface area contributed by atoms with Crippen LogP contribution in [-0.4, -0.2) is 41.1 Å². The largest absolute Gasteiger partial charge is 0.477 e. The van der Waals surface area contributed by atoms with Gasteiger partial charge in [0.25, 0.3) is 0 Å². The number of benzene rings is 1. The minimum Gasteiger partial charge on any atom is -0.477 e. The molecule has 5 heteroatoms. The van der Waals surface area contributed by atoms with Crippen molar-refractivity contribution < 1.29 is 9.90 Å². The average molecular weight is 299 g/mol. The molecule has 2 aromatic rings. The maximum Gasteiger partial charge on any atom is 0.354 e. The van der Waals surface area contributed by atoms with Gasteiger partial charge in [-0.05, 0) is 37.7 Å². The van der Waals surface area contributed by atoms with Crippen molar-refractivity contribution in [2.75, 3.05) is 25.5 Å². The number of aromatic nitrogens is 1. The molecule has 0 fully saturated rings. The van der Waals surface area contributed by atoms with Gasteiger partial charge in [-0.2, -0.15) is 0 Å². The minimum atomic E-state index is -1.01. The summed E-state index contributed by atoms with van der Waals surface area (Å²) >= 11 is 0. The molecule has 1 aromatic heterocycles. The molecular weight excluding hydrogens is 278 g/mol. The Morgan fingerprint density at radius 3 is 2.68 bits per heavy atom. The van der Waals surface area contributed by atoms with Crippen molar-refractivity contribution in [3.8, 4) is 0 Å². The van der Waals surface area contributed by atoms with Crippen LogP contribution in [0.4, 0.5) is 5.82 Å². The fourth-order valence-corrected chi connectivity index (χ4v) is 2.19. The summed E-state index contributed by atoms with van der Waals surface area (Å²) in [5, 5.41) is 12.1. The van der Waals surface area contributed by atoms with Crippen LogP contribution in [-0.2, 0) is 6.54 Å². The zero-order valence-electron chi connectivity index (χ0n) is 12.7. The first-order valence-electron chi connectivity index (χ1n) is 7.32. The molecule has 5 nitrogen and oxygen atoms in total. The number of carboxylic acid groups (broad SMARTS) is 1. The highest BCUT2D eigenvalue weighted by molar-refractivity contribution is 5.85. The highest BCUT2D eigenvalue weighted by atomic mass is 16.4. The molecule has 0 saturated heterocycles. The van der Waals surface area contributed by atoms with Gasteiger partial charge in [0.05, 0.1) is 0 Å². The van der Waals surface area contributed by atoms with Gasteiger partial charge in [-0.3, -0.25) is 0 Å². The first kappa shape index (κ1) is 16.0. The lowest BCUT2D eigenvalue weighted by molar-refractivity contribution is 0.0690. The van der Waals surface area contributed by atoms with Crippen molar-refractivity contribution in [3.05, 3.63) is 59.8 Å². The number of pyridine rings is 1. The standard InChI is InChI=1S/C17H21N3O2/c1-20(13-14-7-3-2-4-8-14)12-6-11-18-16-10-5-9-15(19-16)17(21)22/h2-5,7-10H,6,11-13H2,1H3,(H,18,19)(H,21,22). The summed E-state index contributed by atoms with van der Waals surface area (Å²) in [4.78, 5) is 17.1. The topological polar surface area (TPSA) is 65.5 Å². The highest BCUT2D eigenvalue weighted by Gasteiger charge is 2.05. The van der Waals surface area contributed by atoms with Crippen molar-refractivity contribution in [2.45, 2.75) is 13.0 Å². The van der Waals surface area contributed by atoms with Crippen LogP contribution < -0.4 is 5.32 Å². The summed E-state index contributed by atoms with van der Waals surface area (Å²) < 4.78 is 0. The Labute approximate surface area is 130 Å². The number of nitrogens with zero attached hydrogens (tertiary/aromatic N) is 2. The molecule has 1 heterocycles. The lowest BCUT2D eigenvalue weighted by Crippen LogP contribution is -2.21. The molecule has 0 radical (unpaired) electrons. The van der Waals surface area contributed by atoms with Crippen molar-refractivity contribution in [3.63, 3.8) is 0 Å². The van der Waals surface area contributed by atoms with E-state index in [0.717, 1.165) is 26.1 Å². The fourth-order valence-electron chi connectivity index (χ4n) is 2.19. The van der Waals surface area contributed by atoms with Gasteiger partial charge in [-0.15, -0.1) is 0 Å². The second-order valence-corrected chi connectivity index (χ2v) is 5.22. The smallest absolute Gasteiger partial charge is 0.354 e. The molecule has 0 unspecified atom stereocenters. The van der Waals surface area contributed by atoms with E-state index in [4.69, 9.17) is 5.11 Å². The van der Waals surface area contributed by atoms with Crippen LogP contribution in [0.3, 0.4) is 0 Å². The monoisotopic (exact) mass is 299 g/mol. The van der Waals surface area contributed by atoms with Gasteiger partial charge < -0.3 is 15.3 Å². The minimum absolute atomic E-state index is 0.0613. The van der Waals surface area contributed by atoms with E-state index < -0.39 is 5.97 Å². The van der Waals surface area contributed by atoms with Gasteiger partial charge in [0, 0.05) is 13.1 Å². The van der Waals surface area contributed by atoms with E-state index in [1.54, 1.807) is 12.1 Å². The molecule has 2 rings (SSSR count). The molecule has 0 atom stereocenters. The molecule has 0 saturated carbocycles. The van der Waals surface area contributed by atoms with E-state index in [-0.39, 0.29) is 5.69 Å². The zero-order chi connectivity index (χ0) is 15.8. The molecule has 0 amide bonds. The molecule has 0 bridgehead atoms. The molecule has 22 heavy (non-hydrogen) atoms. The number of rotatable bonds is 8. The molecule has 116 valence electrons. The van der Waals surface area contributed by atoms with Crippen LogP contribution >= 0.6 is 0 Å². The Morgan fingerprint density at radius 1 is 1.18 bits per heavy atom. The third kappa shape index (κ3) is 5.18. The first-order chi connectivity index (χ1) is 10.6.